The molecule has 0 bridgehead atoms. The molecular formula is C25H34N4O5S. The summed E-state index contributed by atoms with van der Waals surface area (Å²) < 4.78 is 17.5. The van der Waals surface area contributed by atoms with Crippen molar-refractivity contribution in [3.8, 4) is 0 Å². The second-order valence-corrected chi connectivity index (χ2v) is 8.87. The van der Waals surface area contributed by atoms with E-state index < -0.39 is 0 Å². The lowest BCUT2D eigenvalue weighted by Crippen LogP contribution is -2.31. The molecule has 0 saturated carbocycles. The summed E-state index contributed by atoms with van der Waals surface area (Å²) >= 11 is 1.53. The lowest BCUT2D eigenvalue weighted by atomic mass is 10.1. The predicted octanol–water partition coefficient (Wildman–Crippen LogP) is 4.17. The smallest absolute Gasteiger partial charge is 0.231 e. The number of aromatic nitrogens is 1. The summed E-state index contributed by atoms with van der Waals surface area (Å²) in [6, 6.07) is 12.2. The molecule has 10 heteroatoms. The second-order valence-electron chi connectivity index (χ2n) is 7.86. The third-order valence-corrected chi connectivity index (χ3v) is 6.16. The van der Waals surface area contributed by atoms with E-state index in [1.807, 2.05) is 44.2 Å². The number of nitrogens with zero attached hydrogens (tertiary/aromatic N) is 4. The minimum atomic E-state index is 0.00396. The fraction of sp³-hybridized carbons (Fsp3) is 0.480. The maximum Gasteiger partial charge on any atom is 0.231 e. The molecule has 0 saturated heterocycles. The Kier molecular flexibility index (Phi) is 11.5. The zero-order valence-electron chi connectivity index (χ0n) is 20.4. The summed E-state index contributed by atoms with van der Waals surface area (Å²) in [5, 5.41) is 27.2. The molecule has 3 rings (SSSR count). The predicted molar refractivity (Wildman–Crippen MR) is 139 cm³/mol. The van der Waals surface area contributed by atoms with Crippen molar-refractivity contribution in [2.45, 2.75) is 13.8 Å². The van der Waals surface area contributed by atoms with E-state index in [2.05, 4.69) is 26.2 Å². The third-order valence-electron chi connectivity index (χ3n) is 5.25. The zero-order valence-corrected chi connectivity index (χ0v) is 21.2. The number of ether oxygens (including phenoxy) is 3. The summed E-state index contributed by atoms with van der Waals surface area (Å²) in [5.74, 6) is 0. The van der Waals surface area contributed by atoms with E-state index in [1.165, 1.54) is 11.3 Å². The van der Waals surface area contributed by atoms with Gasteiger partial charge in [-0.3, -0.25) is 0 Å². The van der Waals surface area contributed by atoms with Gasteiger partial charge in [0, 0.05) is 18.8 Å². The van der Waals surface area contributed by atoms with Crippen LogP contribution >= 0.6 is 11.3 Å². The van der Waals surface area contributed by atoms with Gasteiger partial charge >= 0.3 is 0 Å². The topological polar surface area (TPSA) is 109 Å². The Balaban J connectivity index is 1.63. The van der Waals surface area contributed by atoms with E-state index in [0.717, 1.165) is 32.7 Å². The maximum absolute atomic E-state index is 8.96. The molecule has 0 aliphatic heterocycles. The molecule has 1 heterocycles. The summed E-state index contributed by atoms with van der Waals surface area (Å²) in [5.41, 5.74) is 4.93. The standard InChI is InChI=1S/C25H34N4O5S/c1-19-4-3-5-23-24(19)26-25(35-23)28-27-22-7-6-21(18-20(22)2)29(8-12-32-14-10-30)9-13-33-16-17-34-15-11-31/h3-7,18,30-31H,8-17H2,1-2H3. The highest BCUT2D eigenvalue weighted by Crippen LogP contribution is 2.32. The number of hydrogen-bond acceptors (Lipinski definition) is 10. The number of benzene rings is 2. The first-order valence-corrected chi connectivity index (χ1v) is 12.5. The first kappa shape index (κ1) is 27.1. The van der Waals surface area contributed by atoms with Gasteiger partial charge in [0.05, 0.1) is 68.8 Å². The molecule has 0 radical (unpaired) electrons. The molecule has 35 heavy (non-hydrogen) atoms. The molecule has 2 N–H and O–H groups in total. The first-order valence-electron chi connectivity index (χ1n) is 11.7. The zero-order chi connectivity index (χ0) is 24.9. The number of aliphatic hydroxyl groups is 2. The van der Waals surface area contributed by atoms with Crippen molar-refractivity contribution in [2.24, 2.45) is 10.2 Å². The van der Waals surface area contributed by atoms with Crippen LogP contribution in [-0.4, -0.2) is 81.1 Å². The van der Waals surface area contributed by atoms with Gasteiger partial charge in [-0.05, 0) is 49.2 Å². The van der Waals surface area contributed by atoms with Gasteiger partial charge < -0.3 is 29.3 Å². The molecule has 3 aromatic rings. The number of aliphatic hydroxyl groups excluding tert-OH is 2. The lowest BCUT2D eigenvalue weighted by molar-refractivity contribution is 0.0347. The number of rotatable bonds is 16. The highest BCUT2D eigenvalue weighted by molar-refractivity contribution is 7.21. The third kappa shape index (κ3) is 8.60. The number of fused-ring (bicyclic) bond motifs is 1. The highest BCUT2D eigenvalue weighted by Gasteiger charge is 2.10. The molecule has 0 fully saturated rings. The van der Waals surface area contributed by atoms with Gasteiger partial charge in [0.25, 0.3) is 0 Å². The Bertz CT molecular complexity index is 1080. The molecule has 0 unspecified atom stereocenters. The van der Waals surface area contributed by atoms with E-state index in [0.29, 0.717) is 57.9 Å². The molecule has 190 valence electrons. The average Bonchev–Trinajstić information content (AvgIpc) is 3.28. The van der Waals surface area contributed by atoms with Crippen molar-refractivity contribution < 1.29 is 24.4 Å². The summed E-state index contributed by atoms with van der Waals surface area (Å²) in [4.78, 5) is 6.78. The van der Waals surface area contributed by atoms with E-state index in [-0.39, 0.29) is 13.2 Å². The Morgan fingerprint density at radius 2 is 1.51 bits per heavy atom. The van der Waals surface area contributed by atoms with Crippen LogP contribution in [0.5, 0.6) is 0 Å². The van der Waals surface area contributed by atoms with Crippen molar-refractivity contribution in [1.29, 1.82) is 0 Å². The van der Waals surface area contributed by atoms with Crippen LogP contribution in [0, 0.1) is 13.8 Å². The first-order chi connectivity index (χ1) is 17.1. The van der Waals surface area contributed by atoms with Gasteiger partial charge in [-0.15, -0.1) is 10.2 Å². The molecule has 1 aromatic heterocycles. The quantitative estimate of drug-likeness (QED) is 0.223. The fourth-order valence-corrected chi connectivity index (χ4v) is 4.30. The van der Waals surface area contributed by atoms with Crippen molar-refractivity contribution >= 4 is 38.1 Å². The van der Waals surface area contributed by atoms with E-state index in [9.17, 15) is 0 Å². The Morgan fingerprint density at radius 3 is 2.17 bits per heavy atom. The number of aryl methyl sites for hydroxylation is 2. The van der Waals surface area contributed by atoms with Gasteiger partial charge in [0.1, 0.15) is 0 Å². The van der Waals surface area contributed by atoms with E-state index in [1.54, 1.807) is 0 Å². The van der Waals surface area contributed by atoms with Gasteiger partial charge in [0.15, 0.2) is 0 Å². The summed E-state index contributed by atoms with van der Waals surface area (Å²) in [6.45, 7) is 7.99. The Morgan fingerprint density at radius 1 is 0.829 bits per heavy atom. The number of para-hydroxylation sites is 1. The molecule has 2 aromatic carbocycles. The van der Waals surface area contributed by atoms with Gasteiger partial charge in [-0.25, -0.2) is 4.98 Å². The molecule has 0 spiro atoms. The summed E-state index contributed by atoms with van der Waals surface area (Å²) in [6.07, 6.45) is 0. The molecule has 0 aliphatic rings. The monoisotopic (exact) mass is 502 g/mol. The molecule has 0 amide bonds. The van der Waals surface area contributed by atoms with Crippen LogP contribution in [0.2, 0.25) is 0 Å². The summed E-state index contributed by atoms with van der Waals surface area (Å²) in [7, 11) is 0. The molecule has 0 atom stereocenters. The largest absolute Gasteiger partial charge is 0.394 e. The SMILES string of the molecule is Cc1cc(N(CCOCCO)CCOCCOCCO)ccc1N=Nc1nc2c(C)cccc2s1. The second kappa shape index (κ2) is 14.8. The number of hydrogen-bond donors (Lipinski definition) is 2. The number of thiazole rings is 1. The number of anilines is 1. The highest BCUT2D eigenvalue weighted by atomic mass is 32.1. The van der Waals surface area contributed by atoms with Crippen molar-refractivity contribution in [3.63, 3.8) is 0 Å². The van der Waals surface area contributed by atoms with E-state index >= 15 is 0 Å². The Hall–Kier alpha value is -2.47. The van der Waals surface area contributed by atoms with Crippen LogP contribution < -0.4 is 4.90 Å². The minimum Gasteiger partial charge on any atom is -0.394 e. The van der Waals surface area contributed by atoms with Crippen molar-refractivity contribution in [1.82, 2.24) is 4.98 Å². The van der Waals surface area contributed by atoms with Gasteiger partial charge in [-0.1, -0.05) is 23.5 Å². The van der Waals surface area contributed by atoms with Crippen molar-refractivity contribution in [2.75, 3.05) is 70.8 Å². The van der Waals surface area contributed by atoms with Crippen LogP contribution in [0.3, 0.4) is 0 Å². The van der Waals surface area contributed by atoms with Crippen LogP contribution in [0.4, 0.5) is 16.5 Å². The lowest BCUT2D eigenvalue weighted by Gasteiger charge is -2.25. The maximum atomic E-state index is 8.96. The Labute approximate surface area is 210 Å². The van der Waals surface area contributed by atoms with Crippen LogP contribution in [-0.2, 0) is 14.2 Å². The molecular weight excluding hydrogens is 468 g/mol. The van der Waals surface area contributed by atoms with Crippen LogP contribution in [0.25, 0.3) is 10.2 Å². The van der Waals surface area contributed by atoms with Gasteiger partial charge in [-0.2, -0.15) is 0 Å². The van der Waals surface area contributed by atoms with Gasteiger partial charge in [0.2, 0.25) is 5.13 Å². The van der Waals surface area contributed by atoms with Crippen LogP contribution in [0.1, 0.15) is 11.1 Å². The number of azo groups is 1. The van der Waals surface area contributed by atoms with Crippen LogP contribution in [0.15, 0.2) is 46.6 Å². The minimum absolute atomic E-state index is 0.00396. The fourth-order valence-electron chi connectivity index (χ4n) is 3.44. The normalized spacial score (nSPS) is 11.7. The molecule has 9 nitrogen and oxygen atoms in total. The average molecular weight is 503 g/mol. The van der Waals surface area contributed by atoms with E-state index in [4.69, 9.17) is 24.4 Å². The molecule has 0 aliphatic carbocycles. The van der Waals surface area contributed by atoms with Crippen molar-refractivity contribution in [3.05, 3.63) is 47.5 Å².